The van der Waals surface area contributed by atoms with Crippen LogP contribution in [-0.2, 0) is 0 Å². The summed E-state index contributed by atoms with van der Waals surface area (Å²) in [6.45, 7) is 2.00. The molecule has 5 nitrogen and oxygen atoms in total. The van der Waals surface area contributed by atoms with Gasteiger partial charge in [0.1, 0.15) is 0 Å². The van der Waals surface area contributed by atoms with Crippen molar-refractivity contribution < 1.29 is 0 Å². The first-order valence-electron chi connectivity index (χ1n) is 18.9. The van der Waals surface area contributed by atoms with E-state index in [1.165, 1.54) is 0 Å². The molecule has 0 atom stereocenters. The highest BCUT2D eigenvalue weighted by Gasteiger charge is 2.23. The van der Waals surface area contributed by atoms with E-state index >= 15 is 0 Å². The van der Waals surface area contributed by atoms with Gasteiger partial charge in [0.2, 0.25) is 0 Å². The summed E-state index contributed by atoms with van der Waals surface area (Å²) in [7, 11) is 0. The fourth-order valence-corrected chi connectivity index (χ4v) is 8.04. The van der Waals surface area contributed by atoms with Crippen LogP contribution in [0.25, 0.3) is 94.5 Å². The number of hydrogen-bond donors (Lipinski definition) is 1. The fourth-order valence-electron chi connectivity index (χ4n) is 8.04. The van der Waals surface area contributed by atoms with Crippen LogP contribution in [0, 0.1) is 0 Å². The molecule has 2 N–H and O–H groups in total. The number of para-hydroxylation sites is 1. The Hall–Kier alpha value is -7.50. The van der Waals surface area contributed by atoms with Crippen molar-refractivity contribution in [3.8, 4) is 45.1 Å². The van der Waals surface area contributed by atoms with Gasteiger partial charge in [-0.25, -0.2) is 4.98 Å². The standard InChI is InChI=1S/C51H37N5/c1-2-3-21-44(52)36-23-27-48-42(30-36)40-25-26-41-43-31-37(45-22-13-14-29-53-45)24-28-49(43)56(51(41)50(40)55(48)38-19-11-6-12-20-38)39-32-46(34-15-7-4-8-16-34)54-47(33-39)35-17-9-5-10-18-35/h2-33H,52H2,1H3/b3-2-,44-21-. The van der Waals surface area contributed by atoms with Gasteiger partial charge in [-0.15, -0.1) is 0 Å². The normalized spacial score (nSPS) is 12.1. The predicted molar refractivity (Wildman–Crippen MR) is 234 cm³/mol. The number of hydrogen-bond acceptors (Lipinski definition) is 3. The second-order valence-corrected chi connectivity index (χ2v) is 14.0. The molecule has 4 heterocycles. The Labute approximate surface area is 325 Å². The van der Waals surface area contributed by atoms with Crippen molar-refractivity contribution in [1.82, 2.24) is 19.1 Å². The van der Waals surface area contributed by atoms with Crippen molar-refractivity contribution >= 4 is 49.3 Å². The molecular weight excluding hydrogens is 683 g/mol. The lowest BCUT2D eigenvalue weighted by atomic mass is 10.0. The molecule has 0 radical (unpaired) electrons. The number of benzene rings is 6. The molecule has 10 aromatic rings. The minimum Gasteiger partial charge on any atom is -0.398 e. The highest BCUT2D eigenvalue weighted by Crippen LogP contribution is 2.43. The van der Waals surface area contributed by atoms with Crippen molar-refractivity contribution in [1.29, 1.82) is 0 Å². The van der Waals surface area contributed by atoms with Gasteiger partial charge in [0.05, 0.1) is 44.8 Å². The summed E-state index contributed by atoms with van der Waals surface area (Å²) in [5, 5.41) is 4.58. The largest absolute Gasteiger partial charge is 0.398 e. The Balaban J connectivity index is 1.38. The monoisotopic (exact) mass is 719 g/mol. The van der Waals surface area contributed by atoms with Crippen LogP contribution in [0.4, 0.5) is 0 Å². The van der Waals surface area contributed by atoms with Crippen LogP contribution in [0.1, 0.15) is 12.5 Å². The van der Waals surface area contributed by atoms with E-state index in [9.17, 15) is 0 Å². The van der Waals surface area contributed by atoms with Crippen molar-refractivity contribution in [3.05, 3.63) is 200 Å². The molecule has 5 heteroatoms. The molecule has 0 amide bonds. The Bertz CT molecular complexity index is 3060. The summed E-state index contributed by atoms with van der Waals surface area (Å²) in [6.07, 6.45) is 7.79. The molecule has 6 aromatic carbocycles. The lowest BCUT2D eigenvalue weighted by molar-refractivity contribution is 1.14. The first-order chi connectivity index (χ1) is 27.7. The van der Waals surface area contributed by atoms with E-state index in [-0.39, 0.29) is 0 Å². The van der Waals surface area contributed by atoms with Crippen LogP contribution in [0.2, 0.25) is 0 Å². The van der Waals surface area contributed by atoms with Crippen LogP contribution in [0.15, 0.2) is 194 Å². The molecule has 4 aromatic heterocycles. The third-order valence-corrected chi connectivity index (χ3v) is 10.6. The zero-order valence-corrected chi connectivity index (χ0v) is 30.8. The topological polar surface area (TPSA) is 61.7 Å². The van der Waals surface area contributed by atoms with Crippen molar-refractivity contribution in [2.24, 2.45) is 5.73 Å². The maximum absolute atomic E-state index is 6.65. The molecule has 0 fully saturated rings. The maximum atomic E-state index is 6.65. The molecular formula is C51H37N5. The van der Waals surface area contributed by atoms with E-state index < -0.39 is 0 Å². The molecule has 266 valence electrons. The van der Waals surface area contributed by atoms with Crippen LogP contribution in [0.5, 0.6) is 0 Å². The molecule has 0 saturated carbocycles. The lowest BCUT2D eigenvalue weighted by Gasteiger charge is -2.15. The summed E-state index contributed by atoms with van der Waals surface area (Å²) in [5.41, 5.74) is 20.8. The van der Waals surface area contributed by atoms with Gasteiger partial charge in [0.25, 0.3) is 0 Å². The highest BCUT2D eigenvalue weighted by molar-refractivity contribution is 6.24. The molecule has 10 rings (SSSR count). The van der Waals surface area contributed by atoms with Crippen molar-refractivity contribution in [2.45, 2.75) is 6.92 Å². The van der Waals surface area contributed by atoms with Gasteiger partial charge in [-0.3, -0.25) is 4.98 Å². The van der Waals surface area contributed by atoms with Crippen LogP contribution < -0.4 is 5.73 Å². The average molecular weight is 720 g/mol. The second kappa shape index (κ2) is 13.7. The zero-order chi connectivity index (χ0) is 37.6. The van der Waals surface area contributed by atoms with E-state index in [0.29, 0.717) is 0 Å². The van der Waals surface area contributed by atoms with E-state index in [2.05, 4.69) is 155 Å². The number of pyridine rings is 2. The number of nitrogens with zero attached hydrogens (tertiary/aromatic N) is 4. The number of rotatable bonds is 7. The van der Waals surface area contributed by atoms with E-state index in [0.717, 1.165) is 100 Å². The fraction of sp³-hybridized carbons (Fsp3) is 0.0196. The molecule has 0 saturated heterocycles. The summed E-state index contributed by atoms with van der Waals surface area (Å²) in [6, 6.07) is 60.0. The lowest BCUT2D eigenvalue weighted by Crippen LogP contribution is -2.01. The minimum atomic E-state index is 0.724. The van der Waals surface area contributed by atoms with Crippen molar-refractivity contribution in [3.63, 3.8) is 0 Å². The molecule has 0 aliphatic heterocycles. The summed E-state index contributed by atoms with van der Waals surface area (Å²) >= 11 is 0. The molecule has 0 bridgehead atoms. The number of nitrogens with two attached hydrogens (primary N) is 1. The molecule has 0 aliphatic carbocycles. The van der Waals surface area contributed by atoms with E-state index in [1.807, 2.05) is 55.6 Å². The smallest absolute Gasteiger partial charge is 0.0788 e. The Morgan fingerprint density at radius 3 is 1.68 bits per heavy atom. The third kappa shape index (κ3) is 5.57. The Morgan fingerprint density at radius 2 is 1.07 bits per heavy atom. The van der Waals surface area contributed by atoms with Gasteiger partial charge in [-0.05, 0) is 79.2 Å². The summed E-state index contributed by atoms with van der Waals surface area (Å²) in [5.74, 6) is 0. The maximum Gasteiger partial charge on any atom is 0.0788 e. The molecule has 0 unspecified atom stereocenters. The summed E-state index contributed by atoms with van der Waals surface area (Å²) in [4.78, 5) is 9.99. The second-order valence-electron chi connectivity index (χ2n) is 14.0. The number of fused-ring (bicyclic) bond motifs is 7. The first kappa shape index (κ1) is 33.1. The third-order valence-electron chi connectivity index (χ3n) is 10.6. The number of aromatic nitrogens is 4. The van der Waals surface area contributed by atoms with Crippen LogP contribution in [-0.4, -0.2) is 19.1 Å². The first-order valence-corrected chi connectivity index (χ1v) is 18.9. The van der Waals surface area contributed by atoms with Crippen LogP contribution in [0.3, 0.4) is 0 Å². The van der Waals surface area contributed by atoms with Gasteiger partial charge in [-0.1, -0.05) is 121 Å². The number of allylic oxidation sites excluding steroid dienone is 3. The predicted octanol–water partition coefficient (Wildman–Crippen LogP) is 12.5. The van der Waals surface area contributed by atoms with Gasteiger partial charge in [0, 0.05) is 55.8 Å². The molecule has 56 heavy (non-hydrogen) atoms. The zero-order valence-electron chi connectivity index (χ0n) is 30.8. The summed E-state index contributed by atoms with van der Waals surface area (Å²) < 4.78 is 4.85. The van der Waals surface area contributed by atoms with Gasteiger partial charge in [0.15, 0.2) is 0 Å². The average Bonchev–Trinajstić information content (AvgIpc) is 3.79. The van der Waals surface area contributed by atoms with E-state index in [1.54, 1.807) is 0 Å². The Morgan fingerprint density at radius 1 is 0.500 bits per heavy atom. The minimum absolute atomic E-state index is 0.724. The SMILES string of the molecule is C/C=C\C=C(/N)c1ccc2c(c1)c1ccc3c4cc(-c5ccccn5)ccc4n(-c4cc(-c5ccccc5)nc(-c5ccccc5)c4)c3c1n2-c1ccccc1. The molecule has 0 aliphatic rings. The van der Waals surface area contributed by atoms with Gasteiger partial charge >= 0.3 is 0 Å². The van der Waals surface area contributed by atoms with Gasteiger partial charge < -0.3 is 14.9 Å². The van der Waals surface area contributed by atoms with Crippen molar-refractivity contribution in [2.75, 3.05) is 0 Å². The van der Waals surface area contributed by atoms with E-state index in [4.69, 9.17) is 15.7 Å². The highest BCUT2D eigenvalue weighted by atomic mass is 15.0. The van der Waals surface area contributed by atoms with Crippen LogP contribution >= 0.6 is 0 Å². The molecule has 0 spiro atoms. The van der Waals surface area contributed by atoms with Gasteiger partial charge in [-0.2, -0.15) is 0 Å². The quantitative estimate of drug-likeness (QED) is 0.167. The Kier molecular flexibility index (Phi) is 8.11.